The first kappa shape index (κ1) is 13.1. The highest BCUT2D eigenvalue weighted by Crippen LogP contribution is 2.25. The molecule has 96 valence electrons. The Bertz CT molecular complexity index is 516. The third-order valence-corrected chi connectivity index (χ3v) is 3.36. The van der Waals surface area contributed by atoms with Crippen LogP contribution in [0.5, 0.6) is 0 Å². The summed E-state index contributed by atoms with van der Waals surface area (Å²) in [6.45, 7) is 3.94. The maximum absolute atomic E-state index is 13.0. The fourth-order valence-corrected chi connectivity index (χ4v) is 2.44. The van der Waals surface area contributed by atoms with Crippen molar-refractivity contribution >= 4 is 15.9 Å². The highest BCUT2D eigenvalue weighted by atomic mass is 79.9. The van der Waals surface area contributed by atoms with Crippen LogP contribution in [0.1, 0.15) is 37.3 Å². The van der Waals surface area contributed by atoms with E-state index in [0.717, 1.165) is 10.0 Å². The number of rotatable bonds is 4. The monoisotopic (exact) mass is 313 g/mol. The second-order valence-electron chi connectivity index (χ2n) is 4.05. The summed E-state index contributed by atoms with van der Waals surface area (Å²) in [6, 6.07) is 4.63. The van der Waals surface area contributed by atoms with Gasteiger partial charge in [0.15, 0.2) is 5.82 Å². The topological polar surface area (TPSA) is 66.5 Å². The number of nitrogens with one attached hydrogen (secondary N) is 2. The molecule has 2 aromatic rings. The lowest BCUT2D eigenvalue weighted by molar-refractivity contribution is 0.475. The van der Waals surface area contributed by atoms with Gasteiger partial charge in [-0.3, -0.25) is 0 Å². The molecule has 2 unspecified atom stereocenters. The Balaban J connectivity index is 2.10. The lowest BCUT2D eigenvalue weighted by Gasteiger charge is -2.19. The van der Waals surface area contributed by atoms with Crippen molar-refractivity contribution in [2.75, 3.05) is 0 Å². The van der Waals surface area contributed by atoms with Crippen LogP contribution in [0, 0.1) is 5.82 Å². The molecule has 0 saturated carbocycles. The molecule has 1 aromatic heterocycles. The summed E-state index contributed by atoms with van der Waals surface area (Å²) >= 11 is 3.36. The Morgan fingerprint density at radius 1 is 1.33 bits per heavy atom. The molecule has 0 spiro atoms. The van der Waals surface area contributed by atoms with Crippen molar-refractivity contribution in [2.24, 2.45) is 0 Å². The average Bonchev–Trinajstić information content (AvgIpc) is 2.81. The van der Waals surface area contributed by atoms with Crippen LogP contribution in [-0.2, 0) is 0 Å². The molecular weight excluding hydrogens is 301 g/mol. The zero-order valence-electron chi connectivity index (χ0n) is 9.98. The van der Waals surface area contributed by atoms with E-state index < -0.39 is 0 Å². The van der Waals surface area contributed by atoms with Gasteiger partial charge in [-0.25, -0.2) is 4.39 Å². The molecule has 0 saturated heterocycles. The highest BCUT2D eigenvalue weighted by molar-refractivity contribution is 9.10. The van der Waals surface area contributed by atoms with E-state index >= 15 is 0 Å². The Morgan fingerprint density at radius 3 is 2.72 bits per heavy atom. The van der Waals surface area contributed by atoms with Gasteiger partial charge in [0.1, 0.15) is 5.82 Å². The van der Waals surface area contributed by atoms with E-state index in [9.17, 15) is 4.39 Å². The van der Waals surface area contributed by atoms with Crippen molar-refractivity contribution in [3.63, 3.8) is 0 Å². The van der Waals surface area contributed by atoms with Crippen LogP contribution in [-0.4, -0.2) is 20.6 Å². The average molecular weight is 314 g/mol. The minimum atomic E-state index is -0.260. The van der Waals surface area contributed by atoms with Gasteiger partial charge in [-0.2, -0.15) is 5.21 Å². The summed E-state index contributed by atoms with van der Waals surface area (Å²) in [4.78, 5) is 0. The summed E-state index contributed by atoms with van der Waals surface area (Å²) < 4.78 is 13.8. The van der Waals surface area contributed by atoms with E-state index in [1.807, 2.05) is 13.8 Å². The molecule has 0 aliphatic rings. The summed E-state index contributed by atoms with van der Waals surface area (Å²) in [7, 11) is 0. The summed E-state index contributed by atoms with van der Waals surface area (Å²) in [5.41, 5.74) is 0.978. The van der Waals surface area contributed by atoms with Gasteiger partial charge < -0.3 is 5.32 Å². The summed E-state index contributed by atoms with van der Waals surface area (Å²) in [5.74, 6) is 0.337. The lowest BCUT2D eigenvalue weighted by Crippen LogP contribution is -2.23. The lowest BCUT2D eigenvalue weighted by atomic mass is 10.1. The van der Waals surface area contributed by atoms with Gasteiger partial charge in [0.05, 0.1) is 6.04 Å². The maximum atomic E-state index is 13.0. The summed E-state index contributed by atoms with van der Waals surface area (Å²) in [5, 5.41) is 17.1. The number of tetrazole rings is 1. The van der Waals surface area contributed by atoms with Gasteiger partial charge in [-0.15, -0.1) is 10.2 Å². The van der Waals surface area contributed by atoms with Crippen LogP contribution in [0.25, 0.3) is 0 Å². The van der Waals surface area contributed by atoms with E-state index in [0.29, 0.717) is 5.82 Å². The molecule has 1 heterocycles. The summed E-state index contributed by atoms with van der Waals surface area (Å²) in [6.07, 6.45) is 0. The number of benzene rings is 1. The third kappa shape index (κ3) is 2.91. The Morgan fingerprint density at radius 2 is 2.11 bits per heavy atom. The molecule has 0 aliphatic heterocycles. The van der Waals surface area contributed by atoms with Crippen molar-refractivity contribution in [2.45, 2.75) is 25.9 Å². The van der Waals surface area contributed by atoms with E-state index in [4.69, 9.17) is 0 Å². The van der Waals surface area contributed by atoms with Crippen molar-refractivity contribution < 1.29 is 4.39 Å². The first-order valence-corrected chi connectivity index (χ1v) is 6.31. The quantitative estimate of drug-likeness (QED) is 0.910. The Hall–Kier alpha value is -1.34. The molecule has 0 radical (unpaired) electrons. The minimum absolute atomic E-state index is 0.0356. The number of nitrogens with zero attached hydrogens (tertiary/aromatic N) is 3. The van der Waals surface area contributed by atoms with Gasteiger partial charge in [0.2, 0.25) is 0 Å². The predicted molar refractivity (Wildman–Crippen MR) is 68.2 cm³/mol. The standard InChI is InChI=1S/C11H13BrFN5/c1-6(9-4-3-8(13)5-10(9)12)14-7(2)11-15-17-18-16-11/h3-7,14H,1-2H3,(H,15,16,17,18). The van der Waals surface area contributed by atoms with Crippen molar-refractivity contribution in [1.82, 2.24) is 25.9 Å². The van der Waals surface area contributed by atoms with Gasteiger partial charge in [0, 0.05) is 10.5 Å². The predicted octanol–water partition coefficient (Wildman–Crippen LogP) is 2.51. The second kappa shape index (κ2) is 5.53. The molecule has 0 amide bonds. The maximum Gasteiger partial charge on any atom is 0.191 e. The van der Waals surface area contributed by atoms with Gasteiger partial charge in [-0.05, 0) is 31.5 Å². The number of aromatic amines is 1. The van der Waals surface area contributed by atoms with E-state index in [1.165, 1.54) is 12.1 Å². The SMILES string of the molecule is CC(NC(C)c1ccc(F)cc1Br)c1nn[nH]n1. The van der Waals surface area contributed by atoms with Gasteiger partial charge >= 0.3 is 0 Å². The smallest absolute Gasteiger partial charge is 0.191 e. The molecule has 2 atom stereocenters. The molecule has 0 bridgehead atoms. The largest absolute Gasteiger partial charge is 0.301 e. The first-order chi connectivity index (χ1) is 8.58. The Kier molecular flexibility index (Phi) is 4.03. The number of H-pyrrole nitrogens is 1. The number of hydrogen-bond acceptors (Lipinski definition) is 4. The van der Waals surface area contributed by atoms with E-state index in [-0.39, 0.29) is 17.9 Å². The number of aromatic nitrogens is 4. The van der Waals surface area contributed by atoms with Crippen molar-refractivity contribution in [3.05, 3.63) is 39.9 Å². The van der Waals surface area contributed by atoms with Gasteiger partial charge in [-0.1, -0.05) is 27.2 Å². The second-order valence-corrected chi connectivity index (χ2v) is 4.90. The first-order valence-electron chi connectivity index (χ1n) is 5.52. The fourth-order valence-electron chi connectivity index (χ4n) is 1.74. The fraction of sp³-hybridized carbons (Fsp3) is 0.364. The third-order valence-electron chi connectivity index (χ3n) is 2.68. The molecule has 2 N–H and O–H groups in total. The molecule has 2 rings (SSSR count). The van der Waals surface area contributed by atoms with E-state index in [1.54, 1.807) is 6.07 Å². The number of halogens is 2. The van der Waals surface area contributed by atoms with Crippen LogP contribution in [0.15, 0.2) is 22.7 Å². The zero-order chi connectivity index (χ0) is 13.1. The molecule has 5 nitrogen and oxygen atoms in total. The molecular formula is C11H13BrFN5. The zero-order valence-corrected chi connectivity index (χ0v) is 11.6. The number of hydrogen-bond donors (Lipinski definition) is 2. The van der Waals surface area contributed by atoms with Crippen LogP contribution in [0.3, 0.4) is 0 Å². The van der Waals surface area contributed by atoms with E-state index in [2.05, 4.69) is 41.9 Å². The molecule has 18 heavy (non-hydrogen) atoms. The Labute approximate surface area is 112 Å². The molecule has 0 aliphatic carbocycles. The van der Waals surface area contributed by atoms with Crippen LogP contribution < -0.4 is 5.32 Å². The molecule has 0 fully saturated rings. The van der Waals surface area contributed by atoms with Crippen LogP contribution in [0.4, 0.5) is 4.39 Å². The van der Waals surface area contributed by atoms with Crippen LogP contribution in [0.2, 0.25) is 0 Å². The van der Waals surface area contributed by atoms with Crippen LogP contribution >= 0.6 is 15.9 Å². The molecule has 7 heteroatoms. The normalized spacial score (nSPS) is 14.4. The van der Waals surface area contributed by atoms with Crippen molar-refractivity contribution in [3.8, 4) is 0 Å². The van der Waals surface area contributed by atoms with Gasteiger partial charge in [0.25, 0.3) is 0 Å². The minimum Gasteiger partial charge on any atom is -0.301 e. The molecule has 1 aromatic carbocycles. The van der Waals surface area contributed by atoms with Crippen molar-refractivity contribution in [1.29, 1.82) is 0 Å². The highest BCUT2D eigenvalue weighted by Gasteiger charge is 2.16.